The van der Waals surface area contributed by atoms with Crippen LogP contribution in [0.5, 0.6) is 5.75 Å². The van der Waals surface area contributed by atoms with Crippen molar-refractivity contribution >= 4 is 17.4 Å². The van der Waals surface area contributed by atoms with Gasteiger partial charge in [0.05, 0.1) is 7.11 Å². The lowest BCUT2D eigenvalue weighted by Crippen LogP contribution is -2.24. The van der Waals surface area contributed by atoms with Crippen molar-refractivity contribution in [3.8, 4) is 16.9 Å². The molecule has 0 N–H and O–H groups in total. The minimum absolute atomic E-state index is 0.0239. The number of aryl methyl sites for hydroxylation is 1. The summed E-state index contributed by atoms with van der Waals surface area (Å²) in [5, 5.41) is 0. The van der Waals surface area contributed by atoms with Gasteiger partial charge in [0, 0.05) is 42.9 Å². The van der Waals surface area contributed by atoms with Crippen molar-refractivity contribution in [3.63, 3.8) is 0 Å². The average molecular weight is 420 g/mol. The van der Waals surface area contributed by atoms with Crippen molar-refractivity contribution in [1.29, 1.82) is 0 Å². The van der Waals surface area contributed by atoms with Gasteiger partial charge >= 0.3 is 0 Å². The van der Waals surface area contributed by atoms with Crippen LogP contribution in [-0.4, -0.2) is 30.8 Å². The highest BCUT2D eigenvalue weighted by molar-refractivity contribution is 5.97. The average Bonchev–Trinajstić information content (AvgIpc) is 2.82. The van der Waals surface area contributed by atoms with Crippen LogP contribution in [-0.2, 0) is 11.2 Å². The van der Waals surface area contributed by atoms with Crippen molar-refractivity contribution in [2.75, 3.05) is 19.1 Å². The number of amides is 1. The normalized spacial score (nSPS) is 10.6. The van der Waals surface area contributed by atoms with Gasteiger partial charge in [-0.3, -0.25) is 9.59 Å². The zero-order chi connectivity index (χ0) is 22.4. The van der Waals surface area contributed by atoms with Crippen molar-refractivity contribution in [1.82, 2.24) is 4.98 Å². The highest BCUT2D eigenvalue weighted by Crippen LogP contribution is 2.32. The molecule has 0 unspecified atom stereocenters. The third-order valence-corrected chi connectivity index (χ3v) is 5.20. The molecule has 31 heavy (non-hydrogen) atoms. The number of hydrogen-bond acceptors (Lipinski definition) is 4. The maximum atomic E-state index is 12.9. The number of benzene rings is 2. The molecule has 0 saturated heterocycles. The number of carbonyl (C=O) groups is 2. The van der Waals surface area contributed by atoms with Crippen LogP contribution >= 0.6 is 0 Å². The number of anilines is 1. The second kappa shape index (κ2) is 9.98. The first kappa shape index (κ1) is 22.2. The van der Waals surface area contributed by atoms with Crippen molar-refractivity contribution < 1.29 is 18.7 Å². The van der Waals surface area contributed by atoms with Crippen molar-refractivity contribution in [2.45, 2.75) is 26.2 Å². The van der Waals surface area contributed by atoms with E-state index < -0.39 is 5.95 Å². The molecule has 1 amide bonds. The van der Waals surface area contributed by atoms with Gasteiger partial charge in [-0.1, -0.05) is 31.2 Å². The van der Waals surface area contributed by atoms with Gasteiger partial charge in [0.1, 0.15) is 5.75 Å². The molecule has 3 rings (SSSR count). The van der Waals surface area contributed by atoms with Gasteiger partial charge in [0.2, 0.25) is 11.9 Å². The van der Waals surface area contributed by atoms with E-state index in [1.165, 1.54) is 12.3 Å². The minimum Gasteiger partial charge on any atom is -0.496 e. The number of aromatic nitrogens is 1. The quantitative estimate of drug-likeness (QED) is 0.376. The molecule has 0 aliphatic carbocycles. The van der Waals surface area contributed by atoms with Gasteiger partial charge in [0.25, 0.3) is 0 Å². The topological polar surface area (TPSA) is 59.5 Å². The number of ether oxygens (including phenoxy) is 1. The molecule has 160 valence electrons. The summed E-state index contributed by atoms with van der Waals surface area (Å²) in [5.41, 5.74) is 3.97. The zero-order valence-corrected chi connectivity index (χ0v) is 17.9. The standard InChI is InChI=1S/C25H25FN2O3/c1-4-25(30)28(2)20-10-7-18(8-11-20)21-12-9-19(15-23(21)31-3)22(29)13-5-17-6-14-24(26)27-16-17/h6-12,14-16H,4-5,13H2,1-3H3. The Morgan fingerprint density at radius 2 is 1.81 bits per heavy atom. The summed E-state index contributed by atoms with van der Waals surface area (Å²) in [4.78, 5) is 29.7. The number of rotatable bonds is 8. The molecule has 0 saturated carbocycles. The molecule has 6 heteroatoms. The summed E-state index contributed by atoms with van der Waals surface area (Å²) in [6.45, 7) is 1.83. The molecule has 5 nitrogen and oxygen atoms in total. The Balaban J connectivity index is 1.75. The third kappa shape index (κ3) is 5.34. The summed E-state index contributed by atoms with van der Waals surface area (Å²) in [7, 11) is 3.32. The molecule has 2 aromatic carbocycles. The molecule has 0 fully saturated rings. The van der Waals surface area contributed by atoms with E-state index in [1.807, 2.05) is 37.3 Å². The fourth-order valence-corrected chi connectivity index (χ4v) is 3.31. The Hall–Kier alpha value is -3.54. The van der Waals surface area contributed by atoms with Gasteiger partial charge in [-0.2, -0.15) is 4.39 Å². The van der Waals surface area contributed by atoms with Crippen molar-refractivity contribution in [2.24, 2.45) is 0 Å². The first-order chi connectivity index (χ1) is 14.9. The molecule has 0 aliphatic rings. The van der Waals surface area contributed by atoms with Crippen LogP contribution in [0.1, 0.15) is 35.7 Å². The lowest BCUT2D eigenvalue weighted by molar-refractivity contribution is -0.118. The Kier molecular flexibility index (Phi) is 7.13. The summed E-state index contributed by atoms with van der Waals surface area (Å²) >= 11 is 0. The summed E-state index contributed by atoms with van der Waals surface area (Å²) in [6, 6.07) is 15.9. The molecular weight excluding hydrogens is 395 g/mol. The molecule has 3 aromatic rings. The van der Waals surface area contributed by atoms with Crippen molar-refractivity contribution in [3.05, 3.63) is 77.9 Å². The van der Waals surface area contributed by atoms with E-state index in [0.717, 1.165) is 22.4 Å². The van der Waals surface area contributed by atoms with Crippen LogP contribution in [0.3, 0.4) is 0 Å². The van der Waals surface area contributed by atoms with Gasteiger partial charge in [-0.15, -0.1) is 0 Å². The number of ketones is 1. The number of carbonyl (C=O) groups excluding carboxylic acids is 2. The number of halogens is 1. The fourth-order valence-electron chi connectivity index (χ4n) is 3.31. The van der Waals surface area contributed by atoms with Crippen LogP contribution in [0.4, 0.5) is 10.1 Å². The molecule has 0 bridgehead atoms. The highest BCUT2D eigenvalue weighted by Gasteiger charge is 2.13. The Morgan fingerprint density at radius 1 is 1.06 bits per heavy atom. The minimum atomic E-state index is -0.535. The second-order valence-corrected chi connectivity index (χ2v) is 7.18. The predicted molar refractivity (Wildman–Crippen MR) is 119 cm³/mol. The maximum Gasteiger partial charge on any atom is 0.226 e. The number of hydrogen-bond donors (Lipinski definition) is 0. The maximum absolute atomic E-state index is 12.9. The zero-order valence-electron chi connectivity index (χ0n) is 17.9. The van der Waals surface area contributed by atoms with E-state index in [-0.39, 0.29) is 11.7 Å². The SMILES string of the molecule is CCC(=O)N(C)c1ccc(-c2ccc(C(=O)CCc3ccc(F)nc3)cc2OC)cc1. The smallest absolute Gasteiger partial charge is 0.226 e. The summed E-state index contributed by atoms with van der Waals surface area (Å²) in [5.74, 6) is 0.0842. The largest absolute Gasteiger partial charge is 0.496 e. The monoisotopic (exact) mass is 420 g/mol. The lowest BCUT2D eigenvalue weighted by Gasteiger charge is -2.17. The van der Waals surface area contributed by atoms with E-state index in [1.54, 1.807) is 37.3 Å². The Labute approximate surface area is 181 Å². The third-order valence-electron chi connectivity index (χ3n) is 5.20. The number of methoxy groups -OCH3 is 1. The lowest BCUT2D eigenvalue weighted by atomic mass is 9.98. The highest BCUT2D eigenvalue weighted by atomic mass is 19.1. The first-order valence-corrected chi connectivity index (χ1v) is 10.1. The van der Waals surface area contributed by atoms with Gasteiger partial charge in [-0.05, 0) is 47.9 Å². The number of Topliss-reactive ketones (excluding diaryl/α,β-unsaturated/α-hetero) is 1. The predicted octanol–water partition coefficient (Wildman–Crippen LogP) is 5.08. The van der Waals surface area contributed by atoms with Gasteiger partial charge in [0.15, 0.2) is 5.78 Å². The van der Waals surface area contributed by atoms with E-state index in [9.17, 15) is 14.0 Å². The molecule has 0 aliphatic heterocycles. The number of pyridine rings is 1. The first-order valence-electron chi connectivity index (χ1n) is 10.1. The van der Waals surface area contributed by atoms with E-state index >= 15 is 0 Å². The van der Waals surface area contributed by atoms with E-state index in [2.05, 4.69) is 4.98 Å². The van der Waals surface area contributed by atoms with Crippen LogP contribution in [0.15, 0.2) is 60.8 Å². The molecule has 1 heterocycles. The van der Waals surface area contributed by atoms with E-state index in [4.69, 9.17) is 4.74 Å². The summed E-state index contributed by atoms with van der Waals surface area (Å²) in [6.07, 6.45) is 2.67. The molecule has 0 radical (unpaired) electrons. The molecule has 1 aromatic heterocycles. The van der Waals surface area contributed by atoms with Crippen LogP contribution in [0.25, 0.3) is 11.1 Å². The molecule has 0 atom stereocenters. The fraction of sp³-hybridized carbons (Fsp3) is 0.240. The van der Waals surface area contributed by atoms with Crippen LogP contribution in [0, 0.1) is 5.95 Å². The Morgan fingerprint density at radius 3 is 2.42 bits per heavy atom. The number of nitrogens with zero attached hydrogens (tertiary/aromatic N) is 2. The van der Waals surface area contributed by atoms with Gasteiger partial charge < -0.3 is 9.64 Å². The second-order valence-electron chi connectivity index (χ2n) is 7.18. The van der Waals surface area contributed by atoms with E-state index in [0.29, 0.717) is 30.6 Å². The Bertz CT molecular complexity index is 1060. The summed E-state index contributed by atoms with van der Waals surface area (Å²) < 4.78 is 18.4. The van der Waals surface area contributed by atoms with Crippen LogP contribution in [0.2, 0.25) is 0 Å². The molecule has 0 spiro atoms. The van der Waals surface area contributed by atoms with Gasteiger partial charge in [-0.25, -0.2) is 4.98 Å². The molecular formula is C25H25FN2O3. The van der Waals surface area contributed by atoms with Crippen LogP contribution < -0.4 is 9.64 Å².